The number of halogens is 1. The Bertz CT molecular complexity index is 412. The van der Waals surface area contributed by atoms with E-state index in [0.717, 1.165) is 18.5 Å². The van der Waals surface area contributed by atoms with Gasteiger partial charge in [0.15, 0.2) is 0 Å². The van der Waals surface area contributed by atoms with Gasteiger partial charge in [-0.1, -0.05) is 18.6 Å². The molecule has 1 N–H and O–H groups in total. The molecule has 1 aromatic carbocycles. The molecule has 2 fully saturated rings. The zero-order valence-electron chi connectivity index (χ0n) is 11.0. The molecule has 0 radical (unpaired) electrons. The molecule has 0 aromatic heterocycles. The van der Waals surface area contributed by atoms with Crippen molar-refractivity contribution >= 4 is 5.69 Å². The van der Waals surface area contributed by atoms with Crippen LogP contribution in [0.1, 0.15) is 31.2 Å². The van der Waals surface area contributed by atoms with Gasteiger partial charge < -0.3 is 5.32 Å². The minimum absolute atomic E-state index is 0.121. The van der Waals surface area contributed by atoms with Gasteiger partial charge in [0.25, 0.3) is 0 Å². The summed E-state index contributed by atoms with van der Waals surface area (Å²) < 4.78 is 13.9. The van der Waals surface area contributed by atoms with E-state index in [-0.39, 0.29) is 5.82 Å². The second-order valence-electron chi connectivity index (χ2n) is 5.57. The van der Waals surface area contributed by atoms with Crippen LogP contribution < -0.4 is 5.32 Å². The van der Waals surface area contributed by atoms with Crippen molar-refractivity contribution < 1.29 is 4.39 Å². The van der Waals surface area contributed by atoms with Crippen LogP contribution in [0.15, 0.2) is 18.2 Å². The molecule has 0 saturated carbocycles. The molecule has 0 bridgehead atoms. The highest BCUT2D eigenvalue weighted by Gasteiger charge is 2.35. The van der Waals surface area contributed by atoms with Crippen LogP contribution in [0, 0.1) is 12.7 Å². The standard InChI is InChI=1S/C15H21FN2/c1-11-5-4-6-12(16)15(11)17-13-8-10-18-9-3-2-7-14(13)18/h4-6,13-14,17H,2-3,7-10H2,1H3. The Kier molecular flexibility index (Phi) is 3.25. The van der Waals surface area contributed by atoms with Crippen molar-refractivity contribution in [3.63, 3.8) is 0 Å². The summed E-state index contributed by atoms with van der Waals surface area (Å²) in [5.74, 6) is -0.121. The van der Waals surface area contributed by atoms with E-state index in [0.29, 0.717) is 17.8 Å². The molecule has 3 heteroatoms. The Labute approximate surface area is 108 Å². The lowest BCUT2D eigenvalue weighted by Gasteiger charge is -2.33. The van der Waals surface area contributed by atoms with Gasteiger partial charge in [-0.2, -0.15) is 0 Å². The third-order valence-corrected chi connectivity index (χ3v) is 4.41. The van der Waals surface area contributed by atoms with Crippen molar-refractivity contribution in [2.24, 2.45) is 0 Å². The number of rotatable bonds is 2. The predicted molar refractivity (Wildman–Crippen MR) is 72.4 cm³/mol. The Morgan fingerprint density at radius 2 is 2.11 bits per heavy atom. The Balaban J connectivity index is 1.76. The lowest BCUT2D eigenvalue weighted by Crippen LogP contribution is -2.41. The molecule has 18 heavy (non-hydrogen) atoms. The normalized spacial score (nSPS) is 28.1. The number of benzene rings is 1. The van der Waals surface area contributed by atoms with Crippen molar-refractivity contribution in [1.82, 2.24) is 4.90 Å². The smallest absolute Gasteiger partial charge is 0.146 e. The van der Waals surface area contributed by atoms with E-state index in [1.807, 2.05) is 13.0 Å². The molecule has 2 unspecified atom stereocenters. The number of hydrogen-bond acceptors (Lipinski definition) is 2. The molecule has 0 amide bonds. The summed E-state index contributed by atoms with van der Waals surface area (Å²) in [6, 6.07) is 6.32. The third-order valence-electron chi connectivity index (χ3n) is 4.41. The number of anilines is 1. The van der Waals surface area contributed by atoms with Crippen molar-refractivity contribution in [2.75, 3.05) is 18.4 Å². The SMILES string of the molecule is Cc1cccc(F)c1NC1CCN2CCCCC12. The summed E-state index contributed by atoms with van der Waals surface area (Å²) >= 11 is 0. The second kappa shape index (κ2) is 4.88. The van der Waals surface area contributed by atoms with Crippen molar-refractivity contribution in [3.8, 4) is 0 Å². The number of piperidine rings is 1. The number of aryl methyl sites for hydroxylation is 1. The minimum atomic E-state index is -0.121. The monoisotopic (exact) mass is 248 g/mol. The first-order valence-electron chi connectivity index (χ1n) is 7.01. The molecular weight excluding hydrogens is 227 g/mol. The van der Waals surface area contributed by atoms with Gasteiger partial charge in [-0.3, -0.25) is 4.90 Å². The van der Waals surface area contributed by atoms with E-state index < -0.39 is 0 Å². The summed E-state index contributed by atoms with van der Waals surface area (Å²) in [6.07, 6.45) is 5.03. The molecule has 2 nitrogen and oxygen atoms in total. The molecule has 2 heterocycles. The van der Waals surface area contributed by atoms with Crippen LogP contribution in [0.4, 0.5) is 10.1 Å². The summed E-state index contributed by atoms with van der Waals surface area (Å²) in [5.41, 5.74) is 1.71. The fourth-order valence-corrected chi connectivity index (χ4v) is 3.42. The Morgan fingerprint density at radius 3 is 2.94 bits per heavy atom. The van der Waals surface area contributed by atoms with E-state index in [2.05, 4.69) is 10.2 Å². The van der Waals surface area contributed by atoms with Crippen LogP contribution in [0.3, 0.4) is 0 Å². The van der Waals surface area contributed by atoms with E-state index in [1.165, 1.54) is 25.8 Å². The highest BCUT2D eigenvalue weighted by atomic mass is 19.1. The fraction of sp³-hybridized carbons (Fsp3) is 0.600. The second-order valence-corrected chi connectivity index (χ2v) is 5.57. The van der Waals surface area contributed by atoms with Crippen LogP contribution in [-0.4, -0.2) is 30.1 Å². The summed E-state index contributed by atoms with van der Waals surface area (Å²) in [5, 5.41) is 3.46. The first kappa shape index (κ1) is 12.0. The maximum Gasteiger partial charge on any atom is 0.146 e. The molecule has 2 saturated heterocycles. The maximum absolute atomic E-state index is 13.9. The zero-order valence-corrected chi connectivity index (χ0v) is 11.0. The highest BCUT2D eigenvalue weighted by molar-refractivity contribution is 5.52. The quantitative estimate of drug-likeness (QED) is 0.864. The lowest BCUT2D eigenvalue weighted by molar-refractivity contribution is 0.192. The topological polar surface area (TPSA) is 15.3 Å². The van der Waals surface area contributed by atoms with Crippen molar-refractivity contribution in [1.29, 1.82) is 0 Å². The number of nitrogens with one attached hydrogen (secondary N) is 1. The van der Waals surface area contributed by atoms with Gasteiger partial charge in [0.05, 0.1) is 5.69 Å². The van der Waals surface area contributed by atoms with E-state index in [1.54, 1.807) is 12.1 Å². The molecule has 1 aromatic rings. The number of para-hydroxylation sites is 1. The summed E-state index contributed by atoms with van der Waals surface area (Å²) in [4.78, 5) is 2.57. The first-order chi connectivity index (χ1) is 8.75. The van der Waals surface area contributed by atoms with E-state index in [9.17, 15) is 4.39 Å². The average molecular weight is 248 g/mol. The minimum Gasteiger partial charge on any atom is -0.378 e. The highest BCUT2D eigenvalue weighted by Crippen LogP contribution is 2.30. The van der Waals surface area contributed by atoms with Gasteiger partial charge in [-0.25, -0.2) is 4.39 Å². The van der Waals surface area contributed by atoms with E-state index >= 15 is 0 Å². The summed E-state index contributed by atoms with van der Waals surface area (Å²) in [6.45, 7) is 4.36. The molecule has 2 atom stereocenters. The van der Waals surface area contributed by atoms with E-state index in [4.69, 9.17) is 0 Å². The first-order valence-corrected chi connectivity index (χ1v) is 7.01. The van der Waals surface area contributed by atoms with Gasteiger partial charge >= 0.3 is 0 Å². The molecular formula is C15H21FN2. The van der Waals surface area contributed by atoms with Crippen molar-refractivity contribution in [3.05, 3.63) is 29.6 Å². The van der Waals surface area contributed by atoms with Gasteiger partial charge in [0.2, 0.25) is 0 Å². The van der Waals surface area contributed by atoms with Gasteiger partial charge in [0.1, 0.15) is 5.82 Å². The largest absolute Gasteiger partial charge is 0.378 e. The van der Waals surface area contributed by atoms with Crippen LogP contribution >= 0.6 is 0 Å². The van der Waals surface area contributed by atoms with Crippen molar-refractivity contribution in [2.45, 2.75) is 44.7 Å². The number of nitrogens with zero attached hydrogens (tertiary/aromatic N) is 1. The van der Waals surface area contributed by atoms with Gasteiger partial charge in [0, 0.05) is 18.6 Å². The molecule has 2 aliphatic heterocycles. The third kappa shape index (κ3) is 2.12. The van der Waals surface area contributed by atoms with Crippen LogP contribution in [-0.2, 0) is 0 Å². The molecule has 2 aliphatic rings. The molecule has 0 aliphatic carbocycles. The average Bonchev–Trinajstić information content (AvgIpc) is 2.77. The number of fused-ring (bicyclic) bond motifs is 1. The van der Waals surface area contributed by atoms with Crippen LogP contribution in [0.2, 0.25) is 0 Å². The predicted octanol–water partition coefficient (Wildman–Crippen LogP) is 3.17. The summed E-state index contributed by atoms with van der Waals surface area (Å²) in [7, 11) is 0. The van der Waals surface area contributed by atoms with Crippen LogP contribution in [0.25, 0.3) is 0 Å². The number of hydrogen-bond donors (Lipinski definition) is 1. The molecule has 3 rings (SSSR count). The fourth-order valence-electron chi connectivity index (χ4n) is 3.42. The molecule has 0 spiro atoms. The molecule has 98 valence electrons. The van der Waals surface area contributed by atoms with Crippen LogP contribution in [0.5, 0.6) is 0 Å². The zero-order chi connectivity index (χ0) is 12.5. The van der Waals surface area contributed by atoms with Gasteiger partial charge in [-0.15, -0.1) is 0 Å². The lowest BCUT2D eigenvalue weighted by atomic mass is 9.98. The van der Waals surface area contributed by atoms with Gasteiger partial charge in [-0.05, 0) is 44.4 Å². The maximum atomic E-state index is 13.9. The Morgan fingerprint density at radius 1 is 1.22 bits per heavy atom. The Hall–Kier alpha value is -1.09.